The lowest BCUT2D eigenvalue weighted by atomic mass is 9.97. The molecular formula is C8H15NO2. The third-order valence-electron chi connectivity index (χ3n) is 2.57. The third-order valence-corrected chi connectivity index (χ3v) is 2.57. The molecule has 1 aliphatic heterocycles. The number of hydrogen-bond donors (Lipinski definition) is 1. The molecule has 1 heterocycles. The minimum absolute atomic E-state index is 0.251. The molecule has 64 valence electrons. The molecule has 1 aliphatic rings. The Morgan fingerprint density at radius 2 is 2.18 bits per heavy atom. The normalized spacial score (nSPS) is 33.6. The minimum Gasteiger partial charge on any atom is -0.480 e. The van der Waals surface area contributed by atoms with E-state index < -0.39 is 5.97 Å². The predicted molar refractivity (Wildman–Crippen MR) is 42.5 cm³/mol. The molecule has 0 amide bonds. The summed E-state index contributed by atoms with van der Waals surface area (Å²) in [5.41, 5.74) is 0. The van der Waals surface area contributed by atoms with Crippen molar-refractivity contribution >= 4 is 5.97 Å². The Kier molecular flexibility index (Phi) is 2.49. The number of aliphatic carboxylic acids is 1. The van der Waals surface area contributed by atoms with Gasteiger partial charge in [0.05, 0.1) is 0 Å². The summed E-state index contributed by atoms with van der Waals surface area (Å²) in [4.78, 5) is 12.6. The second-order valence-corrected chi connectivity index (χ2v) is 3.30. The van der Waals surface area contributed by atoms with Crippen molar-refractivity contribution in [2.75, 3.05) is 7.05 Å². The van der Waals surface area contributed by atoms with Crippen LogP contribution in [0, 0.1) is 0 Å². The smallest absolute Gasteiger partial charge is 0.320 e. The van der Waals surface area contributed by atoms with Gasteiger partial charge in [0.2, 0.25) is 0 Å². The molecule has 0 bridgehead atoms. The zero-order chi connectivity index (χ0) is 8.43. The number of piperidine rings is 1. The fourth-order valence-electron chi connectivity index (χ4n) is 1.62. The molecule has 3 nitrogen and oxygen atoms in total. The molecule has 2 unspecified atom stereocenters. The van der Waals surface area contributed by atoms with Gasteiger partial charge in [0, 0.05) is 6.04 Å². The van der Waals surface area contributed by atoms with Crippen LogP contribution in [-0.2, 0) is 4.79 Å². The van der Waals surface area contributed by atoms with Crippen molar-refractivity contribution in [1.82, 2.24) is 4.90 Å². The van der Waals surface area contributed by atoms with E-state index in [0.717, 1.165) is 19.3 Å². The summed E-state index contributed by atoms with van der Waals surface area (Å²) in [5, 5.41) is 8.78. The van der Waals surface area contributed by atoms with Crippen LogP contribution < -0.4 is 0 Å². The summed E-state index contributed by atoms with van der Waals surface area (Å²) in [6.45, 7) is 2.08. The topological polar surface area (TPSA) is 40.5 Å². The molecule has 1 saturated heterocycles. The second kappa shape index (κ2) is 3.22. The van der Waals surface area contributed by atoms with Crippen molar-refractivity contribution in [2.45, 2.75) is 38.3 Å². The lowest BCUT2D eigenvalue weighted by Crippen LogP contribution is -2.46. The SMILES string of the molecule is CC1CCCC(C(=O)O)N1C. The van der Waals surface area contributed by atoms with Gasteiger partial charge in [-0.3, -0.25) is 9.69 Å². The van der Waals surface area contributed by atoms with Gasteiger partial charge in [0.25, 0.3) is 0 Å². The van der Waals surface area contributed by atoms with E-state index >= 15 is 0 Å². The molecule has 1 N–H and O–H groups in total. The van der Waals surface area contributed by atoms with Gasteiger partial charge in [0.1, 0.15) is 6.04 Å². The van der Waals surface area contributed by atoms with E-state index in [1.54, 1.807) is 0 Å². The highest BCUT2D eigenvalue weighted by Crippen LogP contribution is 2.20. The van der Waals surface area contributed by atoms with Crippen LogP contribution in [0.4, 0.5) is 0 Å². The number of carboxylic acid groups (broad SMARTS) is 1. The Labute approximate surface area is 67.0 Å². The fraction of sp³-hybridized carbons (Fsp3) is 0.875. The molecule has 0 aromatic rings. The number of hydrogen-bond acceptors (Lipinski definition) is 2. The summed E-state index contributed by atoms with van der Waals surface area (Å²) in [6, 6.07) is 0.170. The van der Waals surface area contributed by atoms with Gasteiger partial charge in [-0.05, 0) is 33.2 Å². The Balaban J connectivity index is 2.58. The Morgan fingerprint density at radius 1 is 1.55 bits per heavy atom. The molecular weight excluding hydrogens is 142 g/mol. The summed E-state index contributed by atoms with van der Waals surface area (Å²) in [7, 11) is 1.89. The summed E-state index contributed by atoms with van der Waals surface area (Å²) in [5.74, 6) is -0.681. The molecule has 2 atom stereocenters. The highest BCUT2D eigenvalue weighted by atomic mass is 16.4. The average Bonchev–Trinajstić information content (AvgIpc) is 1.94. The predicted octanol–water partition coefficient (Wildman–Crippen LogP) is 0.944. The van der Waals surface area contributed by atoms with E-state index in [9.17, 15) is 4.79 Å². The van der Waals surface area contributed by atoms with Gasteiger partial charge < -0.3 is 5.11 Å². The fourth-order valence-corrected chi connectivity index (χ4v) is 1.62. The Morgan fingerprint density at radius 3 is 2.64 bits per heavy atom. The molecule has 0 spiro atoms. The van der Waals surface area contributed by atoms with Gasteiger partial charge >= 0.3 is 5.97 Å². The maximum atomic E-state index is 10.7. The van der Waals surface area contributed by atoms with Crippen LogP contribution in [-0.4, -0.2) is 35.1 Å². The Bertz CT molecular complexity index is 158. The maximum absolute atomic E-state index is 10.7. The number of nitrogens with zero attached hydrogens (tertiary/aromatic N) is 1. The monoisotopic (exact) mass is 157 g/mol. The van der Waals surface area contributed by atoms with Crippen molar-refractivity contribution in [3.63, 3.8) is 0 Å². The maximum Gasteiger partial charge on any atom is 0.320 e. The summed E-state index contributed by atoms with van der Waals surface area (Å²) < 4.78 is 0. The Hall–Kier alpha value is -0.570. The van der Waals surface area contributed by atoms with Crippen molar-refractivity contribution in [3.8, 4) is 0 Å². The van der Waals surface area contributed by atoms with Crippen LogP contribution >= 0.6 is 0 Å². The average molecular weight is 157 g/mol. The molecule has 0 aromatic carbocycles. The van der Waals surface area contributed by atoms with E-state index in [2.05, 4.69) is 6.92 Å². The zero-order valence-electron chi connectivity index (χ0n) is 7.08. The van der Waals surface area contributed by atoms with E-state index in [0.29, 0.717) is 6.04 Å². The lowest BCUT2D eigenvalue weighted by molar-refractivity contribution is -0.145. The van der Waals surface area contributed by atoms with Crippen molar-refractivity contribution in [2.24, 2.45) is 0 Å². The molecule has 0 aliphatic carbocycles. The van der Waals surface area contributed by atoms with Crippen molar-refractivity contribution in [1.29, 1.82) is 0 Å². The van der Waals surface area contributed by atoms with E-state index in [-0.39, 0.29) is 6.04 Å². The first-order valence-electron chi connectivity index (χ1n) is 4.07. The molecule has 11 heavy (non-hydrogen) atoms. The van der Waals surface area contributed by atoms with Crippen LogP contribution in [0.25, 0.3) is 0 Å². The number of carbonyl (C=O) groups is 1. The van der Waals surface area contributed by atoms with Crippen LogP contribution in [0.1, 0.15) is 26.2 Å². The van der Waals surface area contributed by atoms with E-state index in [1.165, 1.54) is 0 Å². The quantitative estimate of drug-likeness (QED) is 0.616. The summed E-state index contributed by atoms with van der Waals surface area (Å²) in [6.07, 6.45) is 2.97. The molecule has 1 rings (SSSR count). The number of rotatable bonds is 1. The van der Waals surface area contributed by atoms with Crippen LogP contribution in [0.5, 0.6) is 0 Å². The van der Waals surface area contributed by atoms with E-state index in [4.69, 9.17) is 5.11 Å². The molecule has 1 fully saturated rings. The van der Waals surface area contributed by atoms with Gasteiger partial charge in [-0.2, -0.15) is 0 Å². The highest BCUT2D eigenvalue weighted by Gasteiger charge is 2.29. The van der Waals surface area contributed by atoms with Crippen LogP contribution in [0.3, 0.4) is 0 Å². The van der Waals surface area contributed by atoms with Gasteiger partial charge in [-0.15, -0.1) is 0 Å². The first-order valence-corrected chi connectivity index (χ1v) is 4.07. The number of likely N-dealkylation sites (N-methyl/N-ethyl adjacent to an activating group) is 1. The van der Waals surface area contributed by atoms with E-state index in [1.807, 2.05) is 11.9 Å². The van der Waals surface area contributed by atoms with Crippen LogP contribution in [0.2, 0.25) is 0 Å². The van der Waals surface area contributed by atoms with Gasteiger partial charge in [0.15, 0.2) is 0 Å². The van der Waals surface area contributed by atoms with Crippen LogP contribution in [0.15, 0.2) is 0 Å². The van der Waals surface area contributed by atoms with Gasteiger partial charge in [-0.25, -0.2) is 0 Å². The molecule has 0 aromatic heterocycles. The lowest BCUT2D eigenvalue weighted by Gasteiger charge is -2.35. The number of carboxylic acids is 1. The number of likely N-dealkylation sites (tertiary alicyclic amines) is 1. The second-order valence-electron chi connectivity index (χ2n) is 3.30. The zero-order valence-corrected chi connectivity index (χ0v) is 7.08. The third kappa shape index (κ3) is 1.71. The van der Waals surface area contributed by atoms with Gasteiger partial charge in [-0.1, -0.05) is 0 Å². The standard InChI is InChI=1S/C8H15NO2/c1-6-4-3-5-7(8(10)11)9(6)2/h6-7H,3-5H2,1-2H3,(H,10,11). The van der Waals surface area contributed by atoms with Crippen molar-refractivity contribution in [3.05, 3.63) is 0 Å². The first-order chi connectivity index (χ1) is 5.13. The highest BCUT2D eigenvalue weighted by molar-refractivity contribution is 5.73. The molecule has 0 radical (unpaired) electrons. The summed E-state index contributed by atoms with van der Waals surface area (Å²) >= 11 is 0. The molecule has 0 saturated carbocycles. The first kappa shape index (κ1) is 8.53. The largest absolute Gasteiger partial charge is 0.480 e. The minimum atomic E-state index is -0.681. The van der Waals surface area contributed by atoms with Crippen molar-refractivity contribution < 1.29 is 9.90 Å². The molecule has 3 heteroatoms.